The van der Waals surface area contributed by atoms with Crippen LogP contribution in [0.2, 0.25) is 0 Å². The maximum absolute atomic E-state index is 13.2. The Hall–Kier alpha value is -3.41. The van der Waals surface area contributed by atoms with E-state index in [0.717, 1.165) is 36.6 Å². The summed E-state index contributed by atoms with van der Waals surface area (Å²) in [5.74, 6) is 0.359. The molecule has 6 heteroatoms. The van der Waals surface area contributed by atoms with Crippen LogP contribution in [0.15, 0.2) is 54.6 Å². The van der Waals surface area contributed by atoms with Gasteiger partial charge in [-0.1, -0.05) is 18.2 Å². The number of anilines is 4. The zero-order chi connectivity index (χ0) is 20.5. The number of benzene rings is 2. The molecule has 2 aliphatic rings. The van der Waals surface area contributed by atoms with Crippen molar-refractivity contribution in [2.75, 3.05) is 34.8 Å². The predicted molar refractivity (Wildman–Crippen MR) is 120 cm³/mol. The fraction of sp³-hybridized carbons (Fsp3) is 0.292. The van der Waals surface area contributed by atoms with Crippen LogP contribution in [-0.4, -0.2) is 35.5 Å². The molecule has 3 aromatic rings. The highest BCUT2D eigenvalue weighted by molar-refractivity contribution is 6.06. The molecule has 6 nitrogen and oxygen atoms in total. The Morgan fingerprint density at radius 3 is 2.53 bits per heavy atom. The smallest absolute Gasteiger partial charge is 0.277 e. The summed E-state index contributed by atoms with van der Waals surface area (Å²) in [5, 5.41) is 3.26. The highest BCUT2D eigenvalue weighted by Gasteiger charge is 2.26. The molecule has 0 atom stereocenters. The van der Waals surface area contributed by atoms with E-state index in [4.69, 9.17) is 0 Å². The normalized spacial score (nSPS) is 15.4. The van der Waals surface area contributed by atoms with Crippen LogP contribution in [0.4, 0.5) is 23.0 Å². The summed E-state index contributed by atoms with van der Waals surface area (Å²) < 4.78 is 0. The van der Waals surface area contributed by atoms with Gasteiger partial charge in [-0.25, -0.2) is 9.97 Å². The first-order valence-electron chi connectivity index (χ1n) is 10.5. The Kier molecular flexibility index (Phi) is 4.83. The molecule has 1 amide bonds. The molecule has 0 aliphatic carbocycles. The molecular weight excluding hydrogens is 374 g/mol. The summed E-state index contributed by atoms with van der Waals surface area (Å²) in [5.41, 5.74) is 5.51. The molecule has 1 N–H and O–H groups in total. The number of rotatable bonds is 4. The SMILES string of the molecule is Cc1cc(C(=O)N2CCc3ccccc32)nc(Nc2ccc(N3CCCC3)cc2)n1. The van der Waals surface area contributed by atoms with E-state index in [1.807, 2.05) is 42.2 Å². The van der Waals surface area contributed by atoms with Crippen molar-refractivity contribution < 1.29 is 4.79 Å². The van der Waals surface area contributed by atoms with Gasteiger partial charge in [-0.3, -0.25) is 4.79 Å². The molecule has 3 heterocycles. The zero-order valence-corrected chi connectivity index (χ0v) is 17.1. The first-order chi connectivity index (χ1) is 14.7. The lowest BCUT2D eigenvalue weighted by Gasteiger charge is -2.18. The Bertz CT molecular complexity index is 1070. The van der Waals surface area contributed by atoms with E-state index in [9.17, 15) is 4.79 Å². The Balaban J connectivity index is 1.35. The van der Waals surface area contributed by atoms with E-state index in [-0.39, 0.29) is 5.91 Å². The van der Waals surface area contributed by atoms with E-state index in [0.29, 0.717) is 18.2 Å². The average molecular weight is 399 g/mol. The van der Waals surface area contributed by atoms with Crippen LogP contribution < -0.4 is 15.1 Å². The van der Waals surface area contributed by atoms with Crippen LogP contribution in [0.25, 0.3) is 0 Å². The van der Waals surface area contributed by atoms with E-state index in [2.05, 4.69) is 38.4 Å². The molecule has 0 bridgehead atoms. The highest BCUT2D eigenvalue weighted by Crippen LogP contribution is 2.29. The number of hydrogen-bond acceptors (Lipinski definition) is 5. The maximum Gasteiger partial charge on any atom is 0.277 e. The van der Waals surface area contributed by atoms with Crippen molar-refractivity contribution in [1.29, 1.82) is 0 Å². The van der Waals surface area contributed by atoms with Crippen LogP contribution in [0.1, 0.15) is 34.6 Å². The van der Waals surface area contributed by atoms with E-state index < -0.39 is 0 Å². The van der Waals surface area contributed by atoms with Gasteiger partial charge in [-0.05, 0) is 68.1 Å². The standard InChI is InChI=1S/C24H25N5O/c1-17-16-21(23(30)29-15-12-18-6-2-3-7-22(18)29)27-24(25-17)26-19-8-10-20(11-9-19)28-13-4-5-14-28/h2-3,6-11,16H,4-5,12-15H2,1H3,(H,25,26,27). The van der Waals surface area contributed by atoms with Gasteiger partial charge in [-0.2, -0.15) is 0 Å². The number of fused-ring (bicyclic) bond motifs is 1. The molecule has 2 aromatic carbocycles. The van der Waals surface area contributed by atoms with Gasteiger partial charge >= 0.3 is 0 Å². The second-order valence-electron chi connectivity index (χ2n) is 7.92. The number of hydrogen-bond donors (Lipinski definition) is 1. The predicted octanol–water partition coefficient (Wildman–Crippen LogP) is 4.33. The van der Waals surface area contributed by atoms with Crippen molar-refractivity contribution in [2.24, 2.45) is 0 Å². The Morgan fingerprint density at radius 1 is 0.967 bits per heavy atom. The summed E-state index contributed by atoms with van der Waals surface area (Å²) >= 11 is 0. The van der Waals surface area contributed by atoms with Gasteiger partial charge in [0.1, 0.15) is 5.69 Å². The summed E-state index contributed by atoms with van der Waals surface area (Å²) in [4.78, 5) is 26.4. The summed E-state index contributed by atoms with van der Waals surface area (Å²) in [7, 11) is 0. The van der Waals surface area contributed by atoms with Crippen molar-refractivity contribution in [3.63, 3.8) is 0 Å². The third-order valence-corrected chi connectivity index (χ3v) is 5.80. The van der Waals surface area contributed by atoms with Crippen LogP contribution in [0.3, 0.4) is 0 Å². The number of para-hydroxylation sites is 1. The minimum Gasteiger partial charge on any atom is -0.372 e. The van der Waals surface area contributed by atoms with E-state index >= 15 is 0 Å². The lowest BCUT2D eigenvalue weighted by molar-refractivity contribution is 0.0984. The number of aryl methyl sites for hydroxylation is 1. The minimum absolute atomic E-state index is 0.0853. The van der Waals surface area contributed by atoms with Gasteiger partial charge in [0, 0.05) is 42.4 Å². The van der Waals surface area contributed by atoms with Crippen molar-refractivity contribution in [3.05, 3.63) is 71.5 Å². The molecule has 0 spiro atoms. The second kappa shape index (κ2) is 7.78. The molecule has 30 heavy (non-hydrogen) atoms. The van der Waals surface area contributed by atoms with Gasteiger partial charge in [0.15, 0.2) is 0 Å². The quantitative estimate of drug-likeness (QED) is 0.707. The zero-order valence-electron chi connectivity index (χ0n) is 17.1. The monoisotopic (exact) mass is 399 g/mol. The van der Waals surface area contributed by atoms with Crippen LogP contribution in [-0.2, 0) is 6.42 Å². The lowest BCUT2D eigenvalue weighted by Crippen LogP contribution is -2.30. The molecule has 1 fully saturated rings. The van der Waals surface area contributed by atoms with Gasteiger partial charge in [-0.15, -0.1) is 0 Å². The number of carbonyl (C=O) groups excluding carboxylic acids is 1. The molecule has 0 unspecified atom stereocenters. The van der Waals surface area contributed by atoms with Crippen LogP contribution in [0, 0.1) is 6.92 Å². The fourth-order valence-corrected chi connectivity index (χ4v) is 4.28. The third-order valence-electron chi connectivity index (χ3n) is 5.80. The number of carbonyl (C=O) groups is 1. The van der Waals surface area contributed by atoms with Gasteiger partial charge in [0.05, 0.1) is 0 Å². The van der Waals surface area contributed by atoms with E-state index in [1.54, 1.807) is 6.07 Å². The maximum atomic E-state index is 13.2. The highest BCUT2D eigenvalue weighted by atomic mass is 16.2. The molecule has 2 aliphatic heterocycles. The third kappa shape index (κ3) is 3.61. The Morgan fingerprint density at radius 2 is 1.73 bits per heavy atom. The molecule has 5 rings (SSSR count). The molecular formula is C24H25N5O. The molecule has 1 aromatic heterocycles. The van der Waals surface area contributed by atoms with Crippen LogP contribution >= 0.6 is 0 Å². The number of aromatic nitrogens is 2. The average Bonchev–Trinajstić information content (AvgIpc) is 3.44. The number of amides is 1. The molecule has 0 saturated carbocycles. The van der Waals surface area contributed by atoms with Gasteiger partial charge in [0.25, 0.3) is 5.91 Å². The van der Waals surface area contributed by atoms with Gasteiger partial charge < -0.3 is 15.1 Å². The summed E-state index contributed by atoms with van der Waals surface area (Å²) in [6, 6.07) is 18.1. The topological polar surface area (TPSA) is 61.4 Å². The lowest BCUT2D eigenvalue weighted by atomic mass is 10.2. The van der Waals surface area contributed by atoms with Crippen molar-refractivity contribution in [2.45, 2.75) is 26.2 Å². The van der Waals surface area contributed by atoms with Crippen molar-refractivity contribution >= 4 is 28.9 Å². The molecule has 0 radical (unpaired) electrons. The number of nitrogens with zero attached hydrogens (tertiary/aromatic N) is 4. The van der Waals surface area contributed by atoms with Crippen LogP contribution in [0.5, 0.6) is 0 Å². The fourth-order valence-electron chi connectivity index (χ4n) is 4.28. The summed E-state index contributed by atoms with van der Waals surface area (Å²) in [6.07, 6.45) is 3.39. The first kappa shape index (κ1) is 18.6. The first-order valence-corrected chi connectivity index (χ1v) is 10.5. The van der Waals surface area contributed by atoms with Crippen molar-refractivity contribution in [3.8, 4) is 0 Å². The molecule has 152 valence electrons. The van der Waals surface area contributed by atoms with E-state index in [1.165, 1.54) is 24.1 Å². The van der Waals surface area contributed by atoms with Crippen molar-refractivity contribution in [1.82, 2.24) is 9.97 Å². The molecule has 1 saturated heterocycles. The number of nitrogens with one attached hydrogen (secondary N) is 1. The second-order valence-corrected chi connectivity index (χ2v) is 7.92. The summed E-state index contributed by atoms with van der Waals surface area (Å²) in [6.45, 7) is 4.82. The Labute approximate surface area is 176 Å². The minimum atomic E-state index is -0.0853. The largest absolute Gasteiger partial charge is 0.372 e. The van der Waals surface area contributed by atoms with Gasteiger partial charge in [0.2, 0.25) is 5.95 Å².